The first kappa shape index (κ1) is 20.4. The third kappa shape index (κ3) is 6.48. The zero-order valence-electron chi connectivity index (χ0n) is 15.8. The first-order valence-corrected chi connectivity index (χ1v) is 9.12. The Morgan fingerprint density at radius 1 is 1.33 bits per heavy atom. The molecule has 134 valence electrons. The van der Waals surface area contributed by atoms with E-state index in [1.165, 1.54) is 17.4 Å². The van der Waals surface area contributed by atoms with Gasteiger partial charge in [0.25, 0.3) is 0 Å². The Balaban J connectivity index is 3.13. The predicted molar refractivity (Wildman–Crippen MR) is 101 cm³/mol. The van der Waals surface area contributed by atoms with E-state index in [2.05, 4.69) is 33.0 Å². The summed E-state index contributed by atoms with van der Waals surface area (Å²) in [6, 6.07) is 1.86. The minimum Gasteiger partial charge on any atom is -0.462 e. The molecule has 24 heavy (non-hydrogen) atoms. The minimum atomic E-state index is -0.393. The van der Waals surface area contributed by atoms with Crippen LogP contribution < -0.4 is 5.32 Å². The highest BCUT2D eigenvalue weighted by Crippen LogP contribution is 2.38. The van der Waals surface area contributed by atoms with E-state index in [0.29, 0.717) is 23.1 Å². The third-order valence-corrected chi connectivity index (χ3v) is 4.59. The zero-order valence-corrected chi connectivity index (χ0v) is 16.6. The van der Waals surface area contributed by atoms with Gasteiger partial charge < -0.3 is 10.1 Å². The molecule has 1 rings (SSSR count). The molecule has 0 aliphatic rings. The fourth-order valence-electron chi connectivity index (χ4n) is 2.54. The van der Waals surface area contributed by atoms with Crippen LogP contribution in [0.2, 0.25) is 0 Å². The standard InChI is InChI=1S/C19H29NO3S/c1-8-23-18(22)14-10-15(13(4)11-19(5,6)7)24-17(14)20-16(21)9-12(2)3/h9-10,13H,8,11H2,1-7H3,(H,20,21)/t13-/m0/s1. The molecule has 1 aromatic rings. The number of hydrogen-bond acceptors (Lipinski definition) is 4. The molecule has 1 amide bonds. The van der Waals surface area contributed by atoms with Crippen molar-refractivity contribution in [3.8, 4) is 0 Å². The molecule has 0 radical (unpaired) electrons. The van der Waals surface area contributed by atoms with E-state index in [-0.39, 0.29) is 11.3 Å². The molecule has 1 heterocycles. The maximum atomic E-state index is 12.2. The van der Waals surface area contributed by atoms with Gasteiger partial charge in [-0.25, -0.2) is 4.79 Å². The van der Waals surface area contributed by atoms with Gasteiger partial charge in [-0.3, -0.25) is 4.79 Å². The maximum Gasteiger partial charge on any atom is 0.341 e. The molecule has 5 heteroatoms. The number of allylic oxidation sites excluding steroid dienone is 1. The summed E-state index contributed by atoms with van der Waals surface area (Å²) in [4.78, 5) is 25.3. The highest BCUT2D eigenvalue weighted by Gasteiger charge is 2.23. The van der Waals surface area contributed by atoms with E-state index < -0.39 is 5.97 Å². The quantitative estimate of drug-likeness (QED) is 0.554. The smallest absolute Gasteiger partial charge is 0.341 e. The number of amides is 1. The average Bonchev–Trinajstić information content (AvgIpc) is 2.80. The van der Waals surface area contributed by atoms with Crippen molar-refractivity contribution < 1.29 is 14.3 Å². The summed E-state index contributed by atoms with van der Waals surface area (Å²) >= 11 is 1.46. The molecule has 0 bridgehead atoms. The number of anilines is 1. The minimum absolute atomic E-state index is 0.193. The van der Waals surface area contributed by atoms with Crippen molar-refractivity contribution in [2.24, 2.45) is 5.41 Å². The third-order valence-electron chi connectivity index (χ3n) is 3.31. The van der Waals surface area contributed by atoms with Crippen LogP contribution >= 0.6 is 11.3 Å². The van der Waals surface area contributed by atoms with Crippen LogP contribution in [0.15, 0.2) is 17.7 Å². The monoisotopic (exact) mass is 351 g/mol. The summed E-state index contributed by atoms with van der Waals surface area (Å²) in [6.07, 6.45) is 2.52. The Bertz CT molecular complexity index is 619. The topological polar surface area (TPSA) is 55.4 Å². The molecule has 0 aliphatic carbocycles. The lowest BCUT2D eigenvalue weighted by Gasteiger charge is -2.22. The molecule has 0 fully saturated rings. The lowest BCUT2D eigenvalue weighted by molar-refractivity contribution is -0.111. The number of carbonyl (C=O) groups is 2. The van der Waals surface area contributed by atoms with Crippen LogP contribution in [0, 0.1) is 5.41 Å². The molecule has 1 N–H and O–H groups in total. The van der Waals surface area contributed by atoms with Crippen LogP contribution in [0.25, 0.3) is 0 Å². The number of hydrogen-bond donors (Lipinski definition) is 1. The van der Waals surface area contributed by atoms with Crippen LogP contribution in [-0.2, 0) is 9.53 Å². The summed E-state index contributed by atoms with van der Waals surface area (Å²) in [5.41, 5.74) is 1.54. The Morgan fingerprint density at radius 3 is 2.46 bits per heavy atom. The van der Waals surface area contributed by atoms with Crippen molar-refractivity contribution in [1.82, 2.24) is 0 Å². The van der Waals surface area contributed by atoms with E-state index in [1.807, 2.05) is 19.9 Å². The summed E-state index contributed by atoms with van der Waals surface area (Å²) < 4.78 is 5.13. The second-order valence-electron chi connectivity index (χ2n) is 7.49. The van der Waals surface area contributed by atoms with Crippen LogP contribution in [0.4, 0.5) is 5.00 Å². The first-order chi connectivity index (χ1) is 11.0. The number of rotatable bonds is 6. The Hall–Kier alpha value is -1.62. The van der Waals surface area contributed by atoms with Gasteiger partial charge in [-0.15, -0.1) is 11.3 Å². The zero-order chi connectivity index (χ0) is 18.5. The van der Waals surface area contributed by atoms with Gasteiger partial charge in [-0.05, 0) is 44.6 Å². The van der Waals surface area contributed by atoms with Crippen LogP contribution in [0.1, 0.15) is 76.0 Å². The molecule has 1 aromatic heterocycles. The van der Waals surface area contributed by atoms with Gasteiger partial charge in [0.2, 0.25) is 5.91 Å². The number of esters is 1. The SMILES string of the molecule is CCOC(=O)c1cc([C@@H](C)CC(C)(C)C)sc1NC(=O)C=C(C)C. The van der Waals surface area contributed by atoms with Crippen molar-refractivity contribution in [2.75, 3.05) is 11.9 Å². The van der Waals surface area contributed by atoms with Crippen LogP contribution in [0.5, 0.6) is 0 Å². The van der Waals surface area contributed by atoms with Gasteiger partial charge in [0.1, 0.15) is 5.00 Å². The molecule has 0 aromatic carbocycles. The lowest BCUT2D eigenvalue weighted by atomic mass is 9.85. The van der Waals surface area contributed by atoms with Crippen molar-refractivity contribution >= 4 is 28.2 Å². The van der Waals surface area contributed by atoms with Crippen LogP contribution in [-0.4, -0.2) is 18.5 Å². The Morgan fingerprint density at radius 2 is 1.96 bits per heavy atom. The fraction of sp³-hybridized carbons (Fsp3) is 0.579. The molecular weight excluding hydrogens is 322 g/mol. The van der Waals surface area contributed by atoms with Crippen molar-refractivity contribution in [3.63, 3.8) is 0 Å². The highest BCUT2D eigenvalue weighted by molar-refractivity contribution is 7.16. The van der Waals surface area contributed by atoms with Gasteiger partial charge >= 0.3 is 5.97 Å². The maximum absolute atomic E-state index is 12.2. The molecule has 4 nitrogen and oxygen atoms in total. The van der Waals surface area contributed by atoms with E-state index in [0.717, 1.165) is 16.9 Å². The van der Waals surface area contributed by atoms with Gasteiger partial charge in [-0.1, -0.05) is 33.3 Å². The predicted octanol–water partition coefficient (Wildman–Crippen LogP) is 5.37. The second kappa shape index (κ2) is 8.47. The molecule has 0 unspecified atom stereocenters. The molecular formula is C19H29NO3S. The Labute approximate surface area is 149 Å². The summed E-state index contributed by atoms with van der Waals surface area (Å²) in [7, 11) is 0. The van der Waals surface area contributed by atoms with E-state index in [1.54, 1.807) is 6.92 Å². The van der Waals surface area contributed by atoms with Gasteiger partial charge in [0.05, 0.1) is 12.2 Å². The number of thiophene rings is 1. The Kier molecular flexibility index (Phi) is 7.21. The van der Waals surface area contributed by atoms with Gasteiger partial charge in [0.15, 0.2) is 0 Å². The molecule has 0 saturated heterocycles. The van der Waals surface area contributed by atoms with E-state index in [4.69, 9.17) is 4.74 Å². The fourth-order valence-corrected chi connectivity index (χ4v) is 3.64. The van der Waals surface area contributed by atoms with Crippen molar-refractivity contribution in [1.29, 1.82) is 0 Å². The van der Waals surface area contributed by atoms with Gasteiger partial charge in [0, 0.05) is 11.0 Å². The van der Waals surface area contributed by atoms with Crippen LogP contribution in [0.3, 0.4) is 0 Å². The van der Waals surface area contributed by atoms with Crippen molar-refractivity contribution in [2.45, 2.75) is 60.8 Å². The normalized spacial score (nSPS) is 12.5. The summed E-state index contributed by atoms with van der Waals surface area (Å²) in [5.74, 6) is -0.315. The average molecular weight is 352 g/mol. The molecule has 0 spiro atoms. The number of nitrogens with one attached hydrogen (secondary N) is 1. The molecule has 1 atom stereocenters. The summed E-state index contributed by atoms with van der Waals surface area (Å²) in [6.45, 7) is 14.5. The largest absolute Gasteiger partial charge is 0.462 e. The number of carbonyl (C=O) groups excluding carboxylic acids is 2. The highest BCUT2D eigenvalue weighted by atomic mass is 32.1. The first-order valence-electron chi connectivity index (χ1n) is 8.30. The van der Waals surface area contributed by atoms with E-state index >= 15 is 0 Å². The van der Waals surface area contributed by atoms with Gasteiger partial charge in [-0.2, -0.15) is 0 Å². The lowest BCUT2D eigenvalue weighted by Crippen LogP contribution is -2.12. The number of ether oxygens (including phenoxy) is 1. The molecule has 0 saturated carbocycles. The summed E-state index contributed by atoms with van der Waals surface area (Å²) in [5, 5.41) is 3.38. The van der Waals surface area contributed by atoms with E-state index in [9.17, 15) is 9.59 Å². The second-order valence-corrected chi connectivity index (χ2v) is 8.57. The molecule has 0 aliphatic heterocycles. The van der Waals surface area contributed by atoms with Crippen molar-refractivity contribution in [3.05, 3.63) is 28.2 Å².